The van der Waals surface area contributed by atoms with Crippen LogP contribution in [0.5, 0.6) is 0 Å². The van der Waals surface area contributed by atoms with Crippen LogP contribution in [0.25, 0.3) is 97.7 Å². The summed E-state index contributed by atoms with van der Waals surface area (Å²) >= 11 is 1.76. The van der Waals surface area contributed by atoms with Crippen molar-refractivity contribution in [2.45, 2.75) is 0 Å². The molecule has 4 aromatic heterocycles. The SMILES string of the molecule is c1cc(-c2ccc3c(c2)c2ccccc2n3-c2cccc(-c3ncnc4c3sc3ccccc34)c2)cc(-n2c3ccccc3c3ccccc32)c1. The summed E-state index contributed by atoms with van der Waals surface area (Å²) in [7, 11) is 0. The van der Waals surface area contributed by atoms with E-state index in [4.69, 9.17) is 4.98 Å². The van der Waals surface area contributed by atoms with E-state index in [0.717, 1.165) is 32.8 Å². The summed E-state index contributed by atoms with van der Waals surface area (Å²) in [5, 5.41) is 6.17. The van der Waals surface area contributed by atoms with Crippen molar-refractivity contribution >= 4 is 75.3 Å². The first kappa shape index (κ1) is 28.3. The molecule has 11 rings (SSSR count). The van der Waals surface area contributed by atoms with Gasteiger partial charge in [-0.2, -0.15) is 0 Å². The Morgan fingerprint density at radius 3 is 1.61 bits per heavy atom. The summed E-state index contributed by atoms with van der Waals surface area (Å²) in [5.74, 6) is 0. The zero-order valence-electron chi connectivity index (χ0n) is 27.4. The van der Waals surface area contributed by atoms with Crippen LogP contribution in [0.15, 0.2) is 170 Å². The summed E-state index contributed by atoms with van der Waals surface area (Å²) in [6.45, 7) is 0. The molecule has 0 spiro atoms. The highest BCUT2D eigenvalue weighted by molar-refractivity contribution is 7.26. The van der Waals surface area contributed by atoms with Gasteiger partial charge < -0.3 is 9.13 Å². The topological polar surface area (TPSA) is 35.6 Å². The van der Waals surface area contributed by atoms with Gasteiger partial charge in [0, 0.05) is 48.6 Å². The van der Waals surface area contributed by atoms with Crippen molar-refractivity contribution in [2.75, 3.05) is 0 Å². The minimum atomic E-state index is 0.967. The van der Waals surface area contributed by atoms with Gasteiger partial charge in [-0.15, -0.1) is 11.3 Å². The van der Waals surface area contributed by atoms with Crippen LogP contribution in [0.4, 0.5) is 0 Å². The predicted molar refractivity (Wildman–Crippen MR) is 214 cm³/mol. The highest BCUT2D eigenvalue weighted by atomic mass is 32.1. The third-order valence-corrected chi connectivity index (χ3v) is 11.4. The first-order valence-corrected chi connectivity index (χ1v) is 18.0. The Hall–Kier alpha value is -6.56. The van der Waals surface area contributed by atoms with Gasteiger partial charge in [-0.25, -0.2) is 9.97 Å². The molecule has 0 fully saturated rings. The zero-order valence-corrected chi connectivity index (χ0v) is 28.2. The second-order valence-electron chi connectivity index (χ2n) is 13.1. The van der Waals surface area contributed by atoms with E-state index in [2.05, 4.69) is 178 Å². The van der Waals surface area contributed by atoms with Gasteiger partial charge in [-0.05, 0) is 71.8 Å². The van der Waals surface area contributed by atoms with Gasteiger partial charge in [-0.1, -0.05) is 103 Å². The van der Waals surface area contributed by atoms with E-state index in [-0.39, 0.29) is 0 Å². The molecule has 51 heavy (non-hydrogen) atoms. The second kappa shape index (κ2) is 11.0. The van der Waals surface area contributed by atoms with Crippen molar-refractivity contribution in [3.63, 3.8) is 0 Å². The predicted octanol–water partition coefficient (Wildman–Crippen LogP) is 12.4. The Morgan fingerprint density at radius 2 is 0.922 bits per heavy atom. The number of rotatable bonds is 4. The standard InChI is InChI=1S/C46H28N4S/c1-5-19-39-34(15-1)35-16-2-6-20-40(35)49(39)32-13-9-11-29(25-32)30-23-24-42-38(27-30)36-17-3-7-21-41(36)50(42)33-14-10-12-31(26-33)44-46-45(48-28-47-44)37-18-4-8-22-43(37)51-46/h1-28H. The Labute approximate surface area is 297 Å². The van der Waals surface area contributed by atoms with Crippen LogP contribution in [0.3, 0.4) is 0 Å². The van der Waals surface area contributed by atoms with E-state index in [1.165, 1.54) is 64.8 Å². The Kier molecular flexibility index (Phi) is 6.09. The average Bonchev–Trinajstić information content (AvgIpc) is 3.86. The quantitative estimate of drug-likeness (QED) is 0.187. The van der Waals surface area contributed by atoms with Gasteiger partial charge in [0.25, 0.3) is 0 Å². The Morgan fingerprint density at radius 1 is 0.392 bits per heavy atom. The molecule has 0 aliphatic heterocycles. The molecule has 0 N–H and O–H groups in total. The summed E-state index contributed by atoms with van der Waals surface area (Å²) in [6, 6.07) is 59.1. The number of thiophene rings is 1. The molecule has 0 saturated heterocycles. The first-order valence-electron chi connectivity index (χ1n) is 17.2. The number of fused-ring (bicyclic) bond motifs is 9. The lowest BCUT2D eigenvalue weighted by Crippen LogP contribution is -1.95. The molecule has 0 bridgehead atoms. The molecule has 0 unspecified atom stereocenters. The van der Waals surface area contributed by atoms with Crippen LogP contribution in [0.2, 0.25) is 0 Å². The molecule has 4 nitrogen and oxygen atoms in total. The number of hydrogen-bond acceptors (Lipinski definition) is 3. The molecule has 11 aromatic rings. The third kappa shape index (κ3) is 4.25. The molecule has 4 heterocycles. The minimum Gasteiger partial charge on any atom is -0.309 e. The fraction of sp³-hybridized carbons (Fsp3) is 0. The normalized spacial score (nSPS) is 11.9. The highest BCUT2D eigenvalue weighted by Crippen LogP contribution is 2.40. The number of aromatic nitrogens is 4. The number of benzene rings is 7. The molecular weight excluding hydrogens is 641 g/mol. The molecular formula is C46H28N4S. The lowest BCUT2D eigenvalue weighted by atomic mass is 10.0. The Bertz CT molecular complexity index is 3110. The molecule has 238 valence electrons. The average molecular weight is 669 g/mol. The minimum absolute atomic E-state index is 0.967. The highest BCUT2D eigenvalue weighted by Gasteiger charge is 2.17. The maximum absolute atomic E-state index is 4.81. The zero-order chi connectivity index (χ0) is 33.5. The van der Waals surface area contributed by atoms with Gasteiger partial charge >= 0.3 is 0 Å². The van der Waals surface area contributed by atoms with Gasteiger partial charge in [0.15, 0.2) is 0 Å². The van der Waals surface area contributed by atoms with E-state index < -0.39 is 0 Å². The molecule has 0 radical (unpaired) electrons. The summed E-state index contributed by atoms with van der Waals surface area (Å²) < 4.78 is 7.11. The van der Waals surface area contributed by atoms with Gasteiger partial charge in [0.2, 0.25) is 0 Å². The summed E-state index contributed by atoms with van der Waals surface area (Å²) in [6.07, 6.45) is 1.70. The molecule has 5 heteroatoms. The summed E-state index contributed by atoms with van der Waals surface area (Å²) in [5.41, 5.74) is 12.5. The van der Waals surface area contributed by atoms with E-state index in [1.807, 2.05) is 0 Å². The molecule has 0 saturated carbocycles. The largest absolute Gasteiger partial charge is 0.309 e. The smallest absolute Gasteiger partial charge is 0.116 e. The van der Waals surface area contributed by atoms with Crippen LogP contribution < -0.4 is 0 Å². The summed E-state index contributed by atoms with van der Waals surface area (Å²) in [4.78, 5) is 9.49. The Balaban J connectivity index is 1.06. The maximum atomic E-state index is 4.81. The van der Waals surface area contributed by atoms with Crippen molar-refractivity contribution in [1.29, 1.82) is 0 Å². The van der Waals surface area contributed by atoms with Crippen LogP contribution in [-0.4, -0.2) is 19.1 Å². The van der Waals surface area contributed by atoms with Crippen LogP contribution in [-0.2, 0) is 0 Å². The maximum Gasteiger partial charge on any atom is 0.116 e. The third-order valence-electron chi connectivity index (χ3n) is 10.2. The second-order valence-corrected chi connectivity index (χ2v) is 14.1. The van der Waals surface area contributed by atoms with Gasteiger partial charge in [0.05, 0.1) is 38.0 Å². The van der Waals surface area contributed by atoms with Crippen molar-refractivity contribution in [3.8, 4) is 33.8 Å². The van der Waals surface area contributed by atoms with E-state index >= 15 is 0 Å². The monoisotopic (exact) mass is 668 g/mol. The number of para-hydroxylation sites is 3. The van der Waals surface area contributed by atoms with Crippen molar-refractivity contribution in [3.05, 3.63) is 170 Å². The lowest BCUT2D eigenvalue weighted by molar-refractivity contribution is 1.17. The molecule has 0 amide bonds. The van der Waals surface area contributed by atoms with Crippen LogP contribution in [0.1, 0.15) is 0 Å². The van der Waals surface area contributed by atoms with Gasteiger partial charge in [-0.3, -0.25) is 0 Å². The van der Waals surface area contributed by atoms with E-state index in [1.54, 1.807) is 17.7 Å². The first-order chi connectivity index (χ1) is 25.3. The lowest BCUT2D eigenvalue weighted by Gasteiger charge is -2.12. The molecule has 7 aromatic carbocycles. The molecule has 0 aliphatic carbocycles. The van der Waals surface area contributed by atoms with Crippen LogP contribution >= 0.6 is 11.3 Å². The number of nitrogens with zero attached hydrogens (tertiary/aromatic N) is 4. The van der Waals surface area contributed by atoms with E-state index in [0.29, 0.717) is 0 Å². The van der Waals surface area contributed by atoms with E-state index in [9.17, 15) is 0 Å². The van der Waals surface area contributed by atoms with Crippen LogP contribution in [0, 0.1) is 0 Å². The fourth-order valence-electron chi connectivity index (χ4n) is 7.98. The molecule has 0 atom stereocenters. The van der Waals surface area contributed by atoms with Crippen molar-refractivity contribution < 1.29 is 0 Å². The van der Waals surface area contributed by atoms with Gasteiger partial charge in [0.1, 0.15) is 6.33 Å². The molecule has 0 aliphatic rings. The fourth-order valence-corrected chi connectivity index (χ4v) is 9.15. The van der Waals surface area contributed by atoms with Crippen molar-refractivity contribution in [1.82, 2.24) is 19.1 Å². The van der Waals surface area contributed by atoms with Crippen molar-refractivity contribution in [2.24, 2.45) is 0 Å². The number of hydrogen-bond donors (Lipinski definition) is 0.